The summed E-state index contributed by atoms with van der Waals surface area (Å²) in [5.74, 6) is -0.173. The molecule has 4 aromatic carbocycles. The maximum atomic E-state index is 15.1. The molecule has 0 saturated carbocycles. The first-order valence-corrected chi connectivity index (χ1v) is 20.4. The number of hydrogen-bond acceptors (Lipinski definition) is 9. The highest BCUT2D eigenvalue weighted by atomic mass is 19.1. The molecule has 0 aliphatic carbocycles. The van der Waals surface area contributed by atoms with Crippen molar-refractivity contribution in [3.05, 3.63) is 159 Å². The van der Waals surface area contributed by atoms with Gasteiger partial charge in [-0.1, -0.05) is 60.7 Å². The Kier molecular flexibility index (Phi) is 12.1. The minimum Gasteiger partial charge on any atom is -0.506 e. The van der Waals surface area contributed by atoms with Crippen LogP contribution in [0.2, 0.25) is 0 Å². The van der Waals surface area contributed by atoms with Crippen molar-refractivity contribution in [1.29, 1.82) is 0 Å². The molecule has 61 heavy (non-hydrogen) atoms. The molecule has 6 N–H and O–H groups in total. The fourth-order valence-corrected chi connectivity index (χ4v) is 8.65. The highest BCUT2D eigenvalue weighted by Gasteiger charge is 2.43. The lowest BCUT2D eigenvalue weighted by atomic mass is 9.81. The molecule has 3 atom stereocenters. The van der Waals surface area contributed by atoms with Gasteiger partial charge in [-0.3, -0.25) is 19.2 Å². The second-order valence-corrected chi connectivity index (χ2v) is 15.8. The van der Waals surface area contributed by atoms with E-state index in [1.54, 1.807) is 40.9 Å². The normalized spacial score (nSPS) is 18.1. The average molecular weight is 830 g/mol. The zero-order valence-corrected chi connectivity index (χ0v) is 33.6. The fourth-order valence-electron chi connectivity index (χ4n) is 8.65. The van der Waals surface area contributed by atoms with Crippen LogP contribution in [-0.4, -0.2) is 84.1 Å². The van der Waals surface area contributed by atoms with Crippen LogP contribution < -0.4 is 20.9 Å². The lowest BCUT2D eigenvalue weighted by Crippen LogP contribution is -2.59. The van der Waals surface area contributed by atoms with E-state index in [0.29, 0.717) is 39.4 Å². The SMILES string of the molecule is Cn1nc(C(=O)NCc2ccc(CNC[C@@H](O)c3ccc(O)c4[nH]c(=O)ccc34)c(F)c2)cc1COc1cccc(C(c2ccccc2)N(C(=O)O)[C@H]2CN3CCC2CC3)c1. The van der Waals surface area contributed by atoms with E-state index in [4.69, 9.17) is 4.74 Å². The van der Waals surface area contributed by atoms with Crippen LogP contribution >= 0.6 is 0 Å². The number of aromatic nitrogens is 3. The monoisotopic (exact) mass is 829 g/mol. The molecular formula is C46H48FN7O7. The average Bonchev–Trinajstić information content (AvgIpc) is 3.65. The molecule has 2 aromatic heterocycles. The molecule has 2 bridgehead atoms. The van der Waals surface area contributed by atoms with E-state index in [-0.39, 0.29) is 54.8 Å². The third-order valence-corrected chi connectivity index (χ3v) is 11.9. The van der Waals surface area contributed by atoms with Gasteiger partial charge in [0.1, 0.15) is 23.9 Å². The van der Waals surface area contributed by atoms with E-state index in [1.807, 2.05) is 54.6 Å². The number of aromatic hydroxyl groups is 1. The van der Waals surface area contributed by atoms with Gasteiger partial charge in [0.05, 0.1) is 29.4 Å². The second-order valence-electron chi connectivity index (χ2n) is 15.8. The first-order valence-electron chi connectivity index (χ1n) is 20.4. The number of amides is 2. The number of halogens is 1. The molecule has 3 aliphatic heterocycles. The highest BCUT2D eigenvalue weighted by molar-refractivity contribution is 5.92. The Morgan fingerprint density at radius 2 is 1.75 bits per heavy atom. The zero-order valence-electron chi connectivity index (χ0n) is 33.6. The van der Waals surface area contributed by atoms with Gasteiger partial charge < -0.3 is 40.6 Å². The molecule has 2 amide bonds. The van der Waals surface area contributed by atoms with Crippen LogP contribution in [0, 0.1) is 11.7 Å². The van der Waals surface area contributed by atoms with Crippen LogP contribution in [0.3, 0.4) is 0 Å². The summed E-state index contributed by atoms with van der Waals surface area (Å²) < 4.78 is 22.9. The van der Waals surface area contributed by atoms with E-state index in [2.05, 4.69) is 25.6 Å². The number of phenolic OH excluding ortho intramolecular Hbond substituents is 1. The first kappa shape index (κ1) is 41.2. The number of rotatable bonds is 15. The van der Waals surface area contributed by atoms with Gasteiger partial charge in [0, 0.05) is 50.2 Å². The molecule has 3 aliphatic rings. The topological polar surface area (TPSA) is 185 Å². The van der Waals surface area contributed by atoms with Crippen LogP contribution in [0.25, 0.3) is 10.9 Å². The molecular weight excluding hydrogens is 782 g/mol. The minimum atomic E-state index is -0.995. The second kappa shape index (κ2) is 18.0. The zero-order chi connectivity index (χ0) is 42.6. The molecule has 3 saturated heterocycles. The smallest absolute Gasteiger partial charge is 0.408 e. The number of aromatic amines is 1. The molecule has 3 fully saturated rings. The Hall–Kier alpha value is -6.55. The Labute approximate surface area is 351 Å². The van der Waals surface area contributed by atoms with Crippen LogP contribution in [0.1, 0.15) is 69.0 Å². The predicted molar refractivity (Wildman–Crippen MR) is 226 cm³/mol. The quantitative estimate of drug-likeness (QED) is 0.0762. The first-order chi connectivity index (χ1) is 29.5. The summed E-state index contributed by atoms with van der Waals surface area (Å²) in [6.45, 7) is 3.09. The molecule has 5 heterocycles. The van der Waals surface area contributed by atoms with Crippen molar-refractivity contribution in [2.75, 3.05) is 26.2 Å². The molecule has 15 heteroatoms. The number of aliphatic hydroxyl groups is 1. The summed E-state index contributed by atoms with van der Waals surface area (Å²) in [7, 11) is 1.71. The van der Waals surface area contributed by atoms with Crippen molar-refractivity contribution >= 4 is 22.9 Å². The number of carboxylic acid groups (broad SMARTS) is 1. The number of phenols is 1. The van der Waals surface area contributed by atoms with E-state index in [1.165, 1.54) is 24.3 Å². The molecule has 0 spiro atoms. The number of hydrogen-bond donors (Lipinski definition) is 6. The summed E-state index contributed by atoms with van der Waals surface area (Å²) >= 11 is 0. The van der Waals surface area contributed by atoms with E-state index in [0.717, 1.165) is 43.6 Å². The molecule has 1 unspecified atom stereocenters. The standard InChI is InChI=1S/C46H48FN7O7/c1-52-33(27-61-34-9-5-8-31(21-34)44(30-6-3-2-4-7-30)54(46(59)60)39-26-53-18-16-29(39)17-19-53)22-38(51-52)45(58)49-23-28-10-11-32(37(47)20-28)24-48-25-41(56)35-12-14-40(55)43-36(35)13-15-42(57)50-43/h2-15,20-22,29,39,41,44,48,55-56H,16-19,23-27H2,1H3,(H,49,58)(H,50,57)(H,59,60)/t39-,41+,44?/m0/s1. The highest BCUT2D eigenvalue weighted by Crippen LogP contribution is 2.39. The van der Waals surface area contributed by atoms with Crippen LogP contribution in [-0.2, 0) is 26.7 Å². The third-order valence-electron chi connectivity index (χ3n) is 11.9. The number of pyridine rings is 1. The summed E-state index contributed by atoms with van der Waals surface area (Å²) in [6.07, 6.45) is 0.0201. The number of carbonyl (C=O) groups is 2. The summed E-state index contributed by atoms with van der Waals surface area (Å²) in [4.78, 5) is 44.5. The van der Waals surface area contributed by atoms with Crippen molar-refractivity contribution in [1.82, 2.24) is 35.2 Å². The van der Waals surface area contributed by atoms with Crippen molar-refractivity contribution in [2.45, 2.75) is 50.7 Å². The number of aryl methyl sites for hydroxylation is 1. The van der Waals surface area contributed by atoms with Crippen LogP contribution in [0.5, 0.6) is 11.5 Å². The van der Waals surface area contributed by atoms with E-state index >= 15 is 4.39 Å². The molecule has 6 aromatic rings. The van der Waals surface area contributed by atoms with Gasteiger partial charge in [0.25, 0.3) is 5.91 Å². The number of carbonyl (C=O) groups excluding carboxylic acids is 1. The number of nitrogens with zero attached hydrogens (tertiary/aromatic N) is 4. The van der Waals surface area contributed by atoms with Crippen LogP contribution in [0.4, 0.5) is 9.18 Å². The largest absolute Gasteiger partial charge is 0.506 e. The van der Waals surface area contributed by atoms with Gasteiger partial charge >= 0.3 is 6.09 Å². The maximum Gasteiger partial charge on any atom is 0.408 e. The maximum absolute atomic E-state index is 15.1. The lowest BCUT2D eigenvalue weighted by Gasteiger charge is -2.50. The molecule has 316 valence electrons. The molecule has 0 radical (unpaired) electrons. The van der Waals surface area contributed by atoms with Gasteiger partial charge in [-0.25, -0.2) is 9.18 Å². The van der Waals surface area contributed by atoms with Crippen molar-refractivity contribution in [2.24, 2.45) is 13.0 Å². The van der Waals surface area contributed by atoms with Crippen molar-refractivity contribution in [3.63, 3.8) is 0 Å². The number of H-pyrrole nitrogens is 1. The van der Waals surface area contributed by atoms with Gasteiger partial charge in [-0.15, -0.1) is 0 Å². The van der Waals surface area contributed by atoms with Gasteiger partial charge in [-0.2, -0.15) is 5.10 Å². The summed E-state index contributed by atoms with van der Waals surface area (Å²) in [5.41, 5.74) is 3.74. The lowest BCUT2D eigenvalue weighted by molar-refractivity contribution is -0.000815. The van der Waals surface area contributed by atoms with E-state index < -0.39 is 30.0 Å². The fraction of sp³-hybridized carbons (Fsp3) is 0.304. The number of aliphatic hydroxyl groups excluding tert-OH is 1. The van der Waals surface area contributed by atoms with Crippen LogP contribution in [0.15, 0.2) is 108 Å². The number of benzene rings is 4. The molecule has 14 nitrogen and oxygen atoms in total. The Morgan fingerprint density at radius 3 is 2.49 bits per heavy atom. The predicted octanol–water partition coefficient (Wildman–Crippen LogP) is 5.60. The summed E-state index contributed by atoms with van der Waals surface area (Å²) in [5, 5.41) is 42.4. The van der Waals surface area contributed by atoms with Gasteiger partial charge in [0.15, 0.2) is 5.69 Å². The van der Waals surface area contributed by atoms with Gasteiger partial charge in [0.2, 0.25) is 5.56 Å². The minimum absolute atomic E-state index is 0.0585. The Morgan fingerprint density at radius 1 is 0.967 bits per heavy atom. The summed E-state index contributed by atoms with van der Waals surface area (Å²) in [6, 6.07) is 28.7. The number of piperidine rings is 3. The van der Waals surface area contributed by atoms with Gasteiger partial charge in [-0.05, 0) is 90.5 Å². The number of ether oxygens (including phenoxy) is 1. The Balaban J connectivity index is 0.868. The van der Waals surface area contributed by atoms with Crippen molar-refractivity contribution < 1.29 is 34.0 Å². The van der Waals surface area contributed by atoms with Crippen molar-refractivity contribution in [3.8, 4) is 11.5 Å². The van der Waals surface area contributed by atoms with E-state index in [9.17, 15) is 29.7 Å². The Bertz CT molecular complexity index is 2590. The number of fused-ring (bicyclic) bond motifs is 4. The third kappa shape index (κ3) is 9.14. The molecule has 9 rings (SSSR count). The number of nitrogens with one attached hydrogen (secondary N) is 3.